The predicted octanol–water partition coefficient (Wildman–Crippen LogP) is 1.95. The summed E-state index contributed by atoms with van der Waals surface area (Å²) < 4.78 is 13.4. The van der Waals surface area contributed by atoms with Crippen molar-refractivity contribution in [1.29, 1.82) is 0 Å². The van der Waals surface area contributed by atoms with Crippen molar-refractivity contribution in [3.8, 4) is 0 Å². The van der Waals surface area contributed by atoms with Gasteiger partial charge in [0, 0.05) is 23.8 Å². The van der Waals surface area contributed by atoms with E-state index in [0.717, 1.165) is 5.56 Å². The van der Waals surface area contributed by atoms with E-state index >= 15 is 0 Å². The lowest BCUT2D eigenvalue weighted by molar-refractivity contribution is -0.110. The van der Waals surface area contributed by atoms with Crippen molar-refractivity contribution in [3.05, 3.63) is 41.5 Å². The number of anilines is 1. The van der Waals surface area contributed by atoms with Crippen LogP contribution in [0.2, 0.25) is 0 Å². The predicted molar refractivity (Wildman–Crippen MR) is 75.1 cm³/mol. The van der Waals surface area contributed by atoms with Crippen molar-refractivity contribution in [2.24, 2.45) is 9.98 Å². The normalized spacial score (nSPS) is 17.0. The van der Waals surface area contributed by atoms with E-state index in [9.17, 15) is 9.18 Å². The molecule has 0 saturated heterocycles. The molecule has 2 aliphatic rings. The minimum atomic E-state index is -0.422. The quantitative estimate of drug-likeness (QED) is 0.867. The molecule has 1 aromatic carbocycles. The van der Waals surface area contributed by atoms with Crippen LogP contribution in [0.15, 0.2) is 34.5 Å². The molecule has 0 radical (unpaired) electrons. The van der Waals surface area contributed by atoms with Crippen LogP contribution in [0.25, 0.3) is 0 Å². The number of carbonyl (C=O) groups is 1. The monoisotopic (exact) mass is 281 g/mol. The van der Waals surface area contributed by atoms with Gasteiger partial charge in [0.05, 0.1) is 5.69 Å². The van der Waals surface area contributed by atoms with Crippen LogP contribution in [0.3, 0.4) is 0 Å². The number of aromatic nitrogens is 2. The number of nitrogens with one attached hydrogen (secondary N) is 1. The third-order valence-electron chi connectivity index (χ3n) is 3.33. The highest BCUT2D eigenvalue weighted by Gasteiger charge is 2.27. The summed E-state index contributed by atoms with van der Waals surface area (Å²) in [7, 11) is 0. The summed E-state index contributed by atoms with van der Waals surface area (Å²) in [5, 5.41) is 2.65. The van der Waals surface area contributed by atoms with Crippen LogP contribution < -0.4 is 5.32 Å². The molecule has 0 atom stereocenters. The van der Waals surface area contributed by atoms with E-state index in [2.05, 4.69) is 25.3 Å². The van der Waals surface area contributed by atoms with E-state index in [1.165, 1.54) is 24.5 Å². The second-order valence-corrected chi connectivity index (χ2v) is 4.62. The highest BCUT2D eigenvalue weighted by Crippen LogP contribution is 2.31. The topological polar surface area (TPSA) is 79.6 Å². The van der Waals surface area contributed by atoms with Crippen LogP contribution in [0.4, 0.5) is 21.7 Å². The number of nitrogens with zero attached hydrogens (tertiary/aromatic N) is 4. The van der Waals surface area contributed by atoms with Gasteiger partial charge in [0.15, 0.2) is 11.6 Å². The lowest BCUT2D eigenvalue weighted by Gasteiger charge is -2.01. The first kappa shape index (κ1) is 11.8. The summed E-state index contributed by atoms with van der Waals surface area (Å²) in [6, 6.07) is 4.08. The van der Waals surface area contributed by atoms with Gasteiger partial charge in [-0.15, -0.1) is 0 Å². The van der Waals surface area contributed by atoms with Crippen LogP contribution in [-0.2, 0) is 11.2 Å². The maximum Gasteiger partial charge on any atom is 0.275 e. The number of benzene rings is 1. The number of amides is 1. The first-order valence-corrected chi connectivity index (χ1v) is 6.29. The number of carbonyl (C=O) groups excluding carboxylic acids is 1. The minimum Gasteiger partial charge on any atom is -0.320 e. The number of hydrogen-bond acceptors (Lipinski definition) is 5. The molecule has 4 rings (SSSR count). The average molecular weight is 281 g/mol. The number of halogens is 1. The van der Waals surface area contributed by atoms with Crippen molar-refractivity contribution >= 4 is 35.2 Å². The summed E-state index contributed by atoms with van der Waals surface area (Å²) in [6.07, 6.45) is 3.63. The zero-order chi connectivity index (χ0) is 14.4. The van der Waals surface area contributed by atoms with E-state index in [1.807, 2.05) is 0 Å². The molecule has 3 heterocycles. The highest BCUT2D eigenvalue weighted by molar-refractivity contribution is 6.54. The third-order valence-corrected chi connectivity index (χ3v) is 3.33. The molecule has 0 saturated carbocycles. The van der Waals surface area contributed by atoms with E-state index in [-0.39, 0.29) is 11.6 Å². The van der Waals surface area contributed by atoms with Gasteiger partial charge in [0.2, 0.25) is 0 Å². The Kier molecular flexibility index (Phi) is 2.41. The Morgan fingerprint density at radius 1 is 1.29 bits per heavy atom. The van der Waals surface area contributed by atoms with Crippen molar-refractivity contribution in [3.63, 3.8) is 0 Å². The van der Waals surface area contributed by atoms with Gasteiger partial charge < -0.3 is 5.32 Å². The molecule has 21 heavy (non-hydrogen) atoms. The fraction of sp³-hybridized carbons (Fsp3) is 0.0714. The average Bonchev–Trinajstić information content (AvgIpc) is 3.05. The Hall–Kier alpha value is -2.96. The zero-order valence-electron chi connectivity index (χ0n) is 10.7. The van der Waals surface area contributed by atoms with Crippen LogP contribution >= 0.6 is 0 Å². The van der Waals surface area contributed by atoms with Gasteiger partial charge in [-0.2, -0.15) is 0 Å². The summed E-state index contributed by atoms with van der Waals surface area (Å²) >= 11 is 0. The zero-order valence-corrected chi connectivity index (χ0v) is 10.7. The Labute approximate surface area is 118 Å². The molecular weight excluding hydrogens is 273 g/mol. The number of fused-ring (bicyclic) bond motifs is 2. The molecule has 2 aromatic rings. The molecule has 1 N–H and O–H groups in total. The largest absolute Gasteiger partial charge is 0.320 e. The van der Waals surface area contributed by atoms with Gasteiger partial charge in [-0.05, 0) is 18.2 Å². The third kappa shape index (κ3) is 1.82. The van der Waals surface area contributed by atoms with Gasteiger partial charge in [-0.1, -0.05) is 0 Å². The molecule has 0 bridgehead atoms. The van der Waals surface area contributed by atoms with Crippen molar-refractivity contribution in [1.82, 2.24) is 9.97 Å². The standard InChI is InChI=1S/C14H8FN5O/c15-7-1-2-10-9(5-7)11(14(21)19-10)20-13-8-3-4-16-12(8)17-6-18-13/h1-2,4-6H,3H2,(H,17,18,19,20,21). The van der Waals surface area contributed by atoms with Crippen LogP contribution in [0.5, 0.6) is 0 Å². The fourth-order valence-electron chi connectivity index (χ4n) is 2.35. The Bertz CT molecular complexity index is 843. The first-order chi connectivity index (χ1) is 10.2. The van der Waals surface area contributed by atoms with Crippen molar-refractivity contribution in [2.75, 3.05) is 5.32 Å². The maximum atomic E-state index is 13.4. The molecule has 0 unspecified atom stereocenters. The van der Waals surface area contributed by atoms with Gasteiger partial charge in [-0.25, -0.2) is 24.3 Å². The fourth-order valence-corrected chi connectivity index (χ4v) is 2.35. The molecule has 7 heteroatoms. The van der Waals surface area contributed by atoms with Gasteiger partial charge >= 0.3 is 0 Å². The van der Waals surface area contributed by atoms with E-state index < -0.39 is 5.82 Å². The molecule has 6 nitrogen and oxygen atoms in total. The molecule has 0 fully saturated rings. The minimum absolute atomic E-state index is 0.150. The number of rotatable bonds is 1. The number of hydrogen-bond donors (Lipinski definition) is 1. The van der Waals surface area contributed by atoms with E-state index in [1.54, 1.807) is 6.21 Å². The summed E-state index contributed by atoms with van der Waals surface area (Å²) in [4.78, 5) is 28.5. The Balaban J connectivity index is 1.87. The molecule has 2 aliphatic heterocycles. The SMILES string of the molecule is O=C1Nc2ccc(F)cc2C1=Nc1ncnc2c1CC=N2. The molecule has 0 aliphatic carbocycles. The van der Waals surface area contributed by atoms with Crippen LogP contribution in [0, 0.1) is 5.82 Å². The second-order valence-electron chi connectivity index (χ2n) is 4.62. The molecule has 1 amide bonds. The highest BCUT2D eigenvalue weighted by atomic mass is 19.1. The maximum absolute atomic E-state index is 13.4. The summed E-state index contributed by atoms with van der Waals surface area (Å²) in [6.45, 7) is 0. The van der Waals surface area contributed by atoms with Crippen LogP contribution in [-0.4, -0.2) is 27.8 Å². The van der Waals surface area contributed by atoms with Gasteiger partial charge in [-0.3, -0.25) is 4.79 Å². The summed E-state index contributed by atoms with van der Waals surface area (Å²) in [5.74, 6) is 0.151. The van der Waals surface area contributed by atoms with Crippen molar-refractivity contribution < 1.29 is 9.18 Å². The van der Waals surface area contributed by atoms with Crippen molar-refractivity contribution in [2.45, 2.75) is 6.42 Å². The molecule has 0 spiro atoms. The molecule has 1 aromatic heterocycles. The second kappa shape index (κ2) is 4.27. The number of aliphatic imine (C=N–C) groups is 2. The molecule has 102 valence electrons. The van der Waals surface area contributed by atoms with E-state index in [0.29, 0.717) is 29.3 Å². The first-order valence-electron chi connectivity index (χ1n) is 6.29. The Morgan fingerprint density at radius 3 is 3.10 bits per heavy atom. The van der Waals surface area contributed by atoms with Crippen LogP contribution in [0.1, 0.15) is 11.1 Å². The molecular formula is C14H8FN5O. The lowest BCUT2D eigenvalue weighted by Crippen LogP contribution is -2.14. The Morgan fingerprint density at radius 2 is 2.19 bits per heavy atom. The lowest BCUT2D eigenvalue weighted by atomic mass is 10.1. The van der Waals surface area contributed by atoms with Gasteiger partial charge in [0.1, 0.15) is 17.9 Å². The smallest absolute Gasteiger partial charge is 0.275 e. The summed E-state index contributed by atoms with van der Waals surface area (Å²) in [5.41, 5.74) is 1.90. The van der Waals surface area contributed by atoms with Gasteiger partial charge in [0.25, 0.3) is 5.91 Å². The van der Waals surface area contributed by atoms with E-state index in [4.69, 9.17) is 0 Å².